The Labute approximate surface area is 193 Å². The molecule has 7 nitrogen and oxygen atoms in total. The third kappa shape index (κ3) is 3.32. The lowest BCUT2D eigenvalue weighted by Crippen LogP contribution is -2.48. The molecule has 1 amide bonds. The normalized spacial score (nSPS) is 22.0. The van der Waals surface area contributed by atoms with Gasteiger partial charge in [-0.3, -0.25) is 9.59 Å². The fraction of sp³-hybridized carbons (Fsp3) is 0.333. The van der Waals surface area contributed by atoms with Gasteiger partial charge in [0.2, 0.25) is 0 Å². The second-order valence-corrected chi connectivity index (χ2v) is 8.77. The quantitative estimate of drug-likeness (QED) is 0.529. The van der Waals surface area contributed by atoms with Crippen LogP contribution < -0.4 is 4.90 Å². The van der Waals surface area contributed by atoms with Crippen LogP contribution in [0.2, 0.25) is 0 Å². The molecule has 1 aromatic heterocycles. The smallest absolute Gasteiger partial charge is 0.381 e. The van der Waals surface area contributed by atoms with Crippen LogP contribution in [0.15, 0.2) is 42.7 Å². The SMILES string of the molecule is COC1CC(c2cccc(N3Cc4c(cc(C=O)cc4C(F)(F)F)C3=O)c2)(c2nncn2C)C1. The maximum atomic E-state index is 13.7. The number of methoxy groups -OCH3 is 1. The summed E-state index contributed by atoms with van der Waals surface area (Å²) in [5.41, 5.74) is -0.509. The van der Waals surface area contributed by atoms with Crippen LogP contribution >= 0.6 is 0 Å². The Hall–Kier alpha value is -3.53. The first kappa shape index (κ1) is 22.3. The van der Waals surface area contributed by atoms with Crippen LogP contribution in [0.5, 0.6) is 0 Å². The highest BCUT2D eigenvalue weighted by Crippen LogP contribution is 2.50. The molecule has 3 aromatic rings. The van der Waals surface area contributed by atoms with Crippen molar-refractivity contribution in [3.63, 3.8) is 0 Å². The molecule has 2 heterocycles. The Morgan fingerprint density at radius 3 is 2.59 bits per heavy atom. The Bertz CT molecular complexity index is 1290. The standard InChI is InChI=1S/C24H21F3N4O3/c1-30-13-28-29-22(30)23(9-17(10-23)34-2)15-4-3-5-16(8-15)31-11-19-18(21(31)33)6-14(12-32)7-20(19)24(25,26)27/h3-8,12-13,17H,9-11H2,1-2H3. The van der Waals surface area contributed by atoms with Crippen LogP contribution in [0, 0.1) is 0 Å². The average molecular weight is 470 g/mol. The van der Waals surface area contributed by atoms with Crippen molar-refractivity contribution in [2.45, 2.75) is 37.1 Å². The number of aryl methyl sites for hydroxylation is 1. The van der Waals surface area contributed by atoms with Gasteiger partial charge in [0.25, 0.3) is 5.91 Å². The van der Waals surface area contributed by atoms with Crippen molar-refractivity contribution in [1.29, 1.82) is 0 Å². The molecule has 1 fully saturated rings. The minimum atomic E-state index is -4.68. The summed E-state index contributed by atoms with van der Waals surface area (Å²) < 4.78 is 48.4. The van der Waals surface area contributed by atoms with E-state index in [2.05, 4.69) is 10.2 Å². The molecule has 1 aliphatic carbocycles. The summed E-state index contributed by atoms with van der Waals surface area (Å²) in [4.78, 5) is 25.7. The lowest BCUT2D eigenvalue weighted by Gasteiger charge is -2.46. The zero-order valence-electron chi connectivity index (χ0n) is 18.5. The van der Waals surface area contributed by atoms with Crippen molar-refractivity contribution in [3.8, 4) is 0 Å². The molecule has 5 rings (SSSR count). The number of anilines is 1. The topological polar surface area (TPSA) is 77.3 Å². The van der Waals surface area contributed by atoms with E-state index in [1.54, 1.807) is 25.6 Å². The molecular formula is C24H21F3N4O3. The number of aldehydes is 1. The molecule has 34 heavy (non-hydrogen) atoms. The van der Waals surface area contributed by atoms with Crippen LogP contribution in [0.25, 0.3) is 0 Å². The first-order valence-corrected chi connectivity index (χ1v) is 10.7. The number of hydrogen-bond donors (Lipinski definition) is 0. The number of nitrogens with zero attached hydrogens (tertiary/aromatic N) is 4. The Kier molecular flexibility index (Phi) is 5.09. The number of carbonyl (C=O) groups is 2. The number of carbonyl (C=O) groups excluding carboxylic acids is 2. The number of rotatable bonds is 5. The van der Waals surface area contributed by atoms with E-state index in [0.29, 0.717) is 24.8 Å². The number of fused-ring (bicyclic) bond motifs is 1. The molecule has 1 aliphatic heterocycles. The third-order valence-electron chi connectivity index (χ3n) is 6.84. The molecule has 0 atom stereocenters. The summed E-state index contributed by atoms with van der Waals surface area (Å²) in [6.45, 7) is -0.233. The molecule has 0 N–H and O–H groups in total. The number of alkyl halides is 3. The van der Waals surface area contributed by atoms with E-state index >= 15 is 0 Å². The molecule has 2 aromatic carbocycles. The van der Waals surface area contributed by atoms with E-state index in [-0.39, 0.29) is 29.3 Å². The van der Waals surface area contributed by atoms with Gasteiger partial charge in [0, 0.05) is 31.0 Å². The second-order valence-electron chi connectivity index (χ2n) is 8.77. The predicted molar refractivity (Wildman–Crippen MR) is 116 cm³/mol. The largest absolute Gasteiger partial charge is 0.416 e. The van der Waals surface area contributed by atoms with Crippen molar-refractivity contribution < 1.29 is 27.5 Å². The van der Waals surface area contributed by atoms with Gasteiger partial charge in [-0.1, -0.05) is 12.1 Å². The van der Waals surface area contributed by atoms with Gasteiger partial charge in [-0.25, -0.2) is 0 Å². The summed E-state index contributed by atoms with van der Waals surface area (Å²) in [7, 11) is 3.50. The average Bonchev–Trinajstić information content (AvgIpc) is 3.36. The molecule has 0 saturated heterocycles. The number of amides is 1. The first-order chi connectivity index (χ1) is 16.2. The molecule has 2 aliphatic rings. The van der Waals surface area contributed by atoms with Gasteiger partial charge in [0.15, 0.2) is 0 Å². The van der Waals surface area contributed by atoms with E-state index < -0.39 is 23.1 Å². The van der Waals surface area contributed by atoms with E-state index in [0.717, 1.165) is 17.5 Å². The van der Waals surface area contributed by atoms with Crippen LogP contribution in [0.1, 0.15) is 56.1 Å². The molecule has 0 spiro atoms. The van der Waals surface area contributed by atoms with Crippen LogP contribution in [0.3, 0.4) is 0 Å². The maximum absolute atomic E-state index is 13.7. The van der Waals surface area contributed by atoms with Gasteiger partial charge in [-0.15, -0.1) is 10.2 Å². The number of halogens is 3. The summed E-state index contributed by atoms with van der Waals surface area (Å²) in [5.74, 6) is 0.182. The van der Waals surface area contributed by atoms with Crippen LogP contribution in [-0.4, -0.2) is 40.2 Å². The monoisotopic (exact) mass is 470 g/mol. The lowest BCUT2D eigenvalue weighted by molar-refractivity contribution is -0.138. The van der Waals surface area contributed by atoms with E-state index in [9.17, 15) is 22.8 Å². The van der Waals surface area contributed by atoms with Gasteiger partial charge in [0.1, 0.15) is 18.4 Å². The first-order valence-electron chi connectivity index (χ1n) is 10.7. The maximum Gasteiger partial charge on any atom is 0.416 e. The Morgan fingerprint density at radius 1 is 1.21 bits per heavy atom. The zero-order valence-corrected chi connectivity index (χ0v) is 18.5. The fourth-order valence-electron chi connectivity index (χ4n) is 5.08. The molecule has 0 bridgehead atoms. The summed E-state index contributed by atoms with van der Waals surface area (Å²) >= 11 is 0. The zero-order chi connectivity index (χ0) is 24.3. The lowest BCUT2D eigenvalue weighted by atomic mass is 9.62. The molecule has 0 unspecified atom stereocenters. The molecule has 10 heteroatoms. The van der Waals surface area contributed by atoms with Crippen molar-refractivity contribution in [1.82, 2.24) is 14.8 Å². The fourth-order valence-corrected chi connectivity index (χ4v) is 5.08. The van der Waals surface area contributed by atoms with Crippen molar-refractivity contribution in [2.24, 2.45) is 7.05 Å². The highest BCUT2D eigenvalue weighted by Gasteiger charge is 2.50. The highest BCUT2D eigenvalue weighted by atomic mass is 19.4. The number of benzene rings is 2. The highest BCUT2D eigenvalue weighted by molar-refractivity contribution is 6.11. The third-order valence-corrected chi connectivity index (χ3v) is 6.84. The summed E-state index contributed by atoms with van der Waals surface area (Å²) in [6.07, 6.45) is -1.39. The molecule has 176 valence electrons. The van der Waals surface area contributed by atoms with Crippen molar-refractivity contribution in [3.05, 3.63) is 76.4 Å². The number of ether oxygens (including phenoxy) is 1. The second kappa shape index (κ2) is 7.76. The van der Waals surface area contributed by atoms with Gasteiger partial charge in [0.05, 0.1) is 23.6 Å². The predicted octanol–water partition coefficient (Wildman–Crippen LogP) is 3.90. The van der Waals surface area contributed by atoms with Crippen molar-refractivity contribution in [2.75, 3.05) is 12.0 Å². The summed E-state index contributed by atoms with van der Waals surface area (Å²) in [5, 5.41) is 8.31. The van der Waals surface area contributed by atoms with E-state index in [1.807, 2.05) is 23.7 Å². The van der Waals surface area contributed by atoms with Crippen LogP contribution in [0.4, 0.5) is 18.9 Å². The minimum Gasteiger partial charge on any atom is -0.381 e. The summed E-state index contributed by atoms with van der Waals surface area (Å²) in [6, 6.07) is 9.22. The Balaban J connectivity index is 1.56. The van der Waals surface area contributed by atoms with Crippen molar-refractivity contribution >= 4 is 17.9 Å². The van der Waals surface area contributed by atoms with E-state index in [1.165, 1.54) is 11.0 Å². The molecule has 0 radical (unpaired) electrons. The number of aromatic nitrogens is 3. The Morgan fingerprint density at radius 2 is 1.97 bits per heavy atom. The van der Waals surface area contributed by atoms with Gasteiger partial charge in [-0.2, -0.15) is 13.2 Å². The molecular weight excluding hydrogens is 449 g/mol. The van der Waals surface area contributed by atoms with Crippen LogP contribution in [-0.2, 0) is 29.9 Å². The van der Waals surface area contributed by atoms with Gasteiger partial charge < -0.3 is 14.2 Å². The van der Waals surface area contributed by atoms with Gasteiger partial charge >= 0.3 is 6.18 Å². The van der Waals surface area contributed by atoms with Gasteiger partial charge in [-0.05, 0) is 48.2 Å². The minimum absolute atomic E-state index is 0.0362. The van der Waals surface area contributed by atoms with E-state index in [4.69, 9.17) is 4.74 Å². The molecule has 1 saturated carbocycles. The number of hydrogen-bond acceptors (Lipinski definition) is 5.